The van der Waals surface area contributed by atoms with E-state index in [1.165, 1.54) is 12.1 Å². The van der Waals surface area contributed by atoms with Crippen LogP contribution in [0.5, 0.6) is 0 Å². The third-order valence-corrected chi connectivity index (χ3v) is 6.70. The van der Waals surface area contributed by atoms with Crippen molar-refractivity contribution < 1.29 is 28.2 Å². The molecule has 0 spiro atoms. The van der Waals surface area contributed by atoms with Crippen LogP contribution >= 0.6 is 0 Å². The number of rotatable bonds is 11. The predicted octanol–water partition coefficient (Wildman–Crippen LogP) is 5.71. The van der Waals surface area contributed by atoms with Gasteiger partial charge in [0.05, 0.1) is 11.0 Å². The zero-order valence-electron chi connectivity index (χ0n) is 25.4. The fraction of sp³-hybridized carbons (Fsp3) is 0.333. The number of ether oxygens (including phenoxy) is 2. The van der Waals surface area contributed by atoms with Gasteiger partial charge in [-0.1, -0.05) is 48.5 Å². The molecule has 0 aliphatic carbocycles. The first kappa shape index (κ1) is 32.0. The third-order valence-electron chi connectivity index (χ3n) is 6.70. The van der Waals surface area contributed by atoms with Crippen molar-refractivity contribution in [3.63, 3.8) is 0 Å². The van der Waals surface area contributed by atoms with Gasteiger partial charge >= 0.3 is 12.2 Å². The Morgan fingerprint density at radius 2 is 1.64 bits per heavy atom. The summed E-state index contributed by atoms with van der Waals surface area (Å²) in [5, 5.41) is 8.38. The Labute approximate surface area is 256 Å². The molecular weight excluding hydrogens is 565 g/mol. The van der Waals surface area contributed by atoms with Crippen molar-refractivity contribution in [3.8, 4) is 11.1 Å². The summed E-state index contributed by atoms with van der Waals surface area (Å²) in [5.41, 5.74) is 3.28. The van der Waals surface area contributed by atoms with Crippen molar-refractivity contribution in [2.75, 3.05) is 13.1 Å². The van der Waals surface area contributed by atoms with E-state index in [1.807, 2.05) is 48.5 Å². The van der Waals surface area contributed by atoms with Crippen LogP contribution in [0.15, 0.2) is 72.8 Å². The SMILES string of the molecule is Cn1c(C(=O)NC[C@@H](CCCNC(=O)OCc2ccccc2)NC(=O)OC(C)(C)C)nc2ccc(-c3ccc(F)cc3)cc21. The molecule has 3 N–H and O–H groups in total. The number of hydrogen-bond donors (Lipinski definition) is 3. The monoisotopic (exact) mass is 603 g/mol. The first-order valence-corrected chi connectivity index (χ1v) is 14.4. The Hall–Kier alpha value is -4.93. The molecule has 3 amide bonds. The second-order valence-electron chi connectivity index (χ2n) is 11.4. The van der Waals surface area contributed by atoms with Crippen LogP contribution in [-0.4, -0.2) is 52.4 Å². The molecule has 0 aliphatic rings. The van der Waals surface area contributed by atoms with E-state index in [1.54, 1.807) is 44.5 Å². The summed E-state index contributed by atoms with van der Waals surface area (Å²) in [6.07, 6.45) is -0.191. The molecule has 232 valence electrons. The molecule has 0 aliphatic heterocycles. The second kappa shape index (κ2) is 14.5. The number of amides is 3. The number of aromatic nitrogens is 2. The first-order valence-electron chi connectivity index (χ1n) is 14.4. The second-order valence-corrected chi connectivity index (χ2v) is 11.4. The summed E-state index contributed by atoms with van der Waals surface area (Å²) >= 11 is 0. The molecule has 1 aromatic heterocycles. The number of halogens is 1. The van der Waals surface area contributed by atoms with Gasteiger partial charge in [0.25, 0.3) is 5.91 Å². The van der Waals surface area contributed by atoms with Crippen LogP contribution in [-0.2, 0) is 23.1 Å². The minimum absolute atomic E-state index is 0.112. The van der Waals surface area contributed by atoms with E-state index in [0.717, 1.165) is 22.2 Å². The molecule has 11 heteroatoms. The number of hydrogen-bond acceptors (Lipinski definition) is 6. The van der Waals surface area contributed by atoms with Crippen LogP contribution in [0.1, 0.15) is 49.8 Å². The van der Waals surface area contributed by atoms with E-state index in [-0.39, 0.29) is 24.8 Å². The topological polar surface area (TPSA) is 124 Å². The van der Waals surface area contributed by atoms with Crippen molar-refractivity contribution in [3.05, 3.63) is 90.0 Å². The number of nitrogens with one attached hydrogen (secondary N) is 3. The number of aryl methyl sites for hydroxylation is 1. The standard InChI is InChI=1S/C33H38FN5O5/c1-33(2,3)44-32(42)37-26(11-8-18-35-31(41)43-21-22-9-6-5-7-10-22)20-36-30(40)29-38-27-17-14-24(19-28(27)39(29)4)23-12-15-25(34)16-13-23/h5-7,9-10,12-17,19,26H,8,11,18,20-21H2,1-4H3,(H,35,41)(H,36,40)(H,37,42)/t26-/m1/s1. The number of fused-ring (bicyclic) bond motifs is 1. The summed E-state index contributed by atoms with van der Waals surface area (Å²) in [7, 11) is 1.75. The van der Waals surface area contributed by atoms with Gasteiger partial charge in [0, 0.05) is 26.2 Å². The molecule has 44 heavy (non-hydrogen) atoms. The van der Waals surface area contributed by atoms with Crippen LogP contribution in [0.25, 0.3) is 22.2 Å². The predicted molar refractivity (Wildman–Crippen MR) is 165 cm³/mol. The van der Waals surface area contributed by atoms with Crippen molar-refractivity contribution in [2.45, 2.75) is 51.9 Å². The summed E-state index contributed by atoms with van der Waals surface area (Å²) in [5.74, 6) is -0.521. The molecule has 0 unspecified atom stereocenters. The quantitative estimate of drug-likeness (QED) is 0.189. The van der Waals surface area contributed by atoms with Gasteiger partial charge in [0.1, 0.15) is 18.0 Å². The van der Waals surface area contributed by atoms with Gasteiger partial charge in [-0.05, 0) is 74.6 Å². The van der Waals surface area contributed by atoms with Crippen LogP contribution in [0.4, 0.5) is 14.0 Å². The third kappa shape index (κ3) is 9.29. The Morgan fingerprint density at radius 1 is 0.932 bits per heavy atom. The highest BCUT2D eigenvalue weighted by atomic mass is 19.1. The molecule has 0 fully saturated rings. The molecule has 0 bridgehead atoms. The van der Waals surface area contributed by atoms with Gasteiger partial charge < -0.3 is 30.0 Å². The van der Waals surface area contributed by atoms with Crippen LogP contribution in [0.2, 0.25) is 0 Å². The van der Waals surface area contributed by atoms with E-state index in [4.69, 9.17) is 9.47 Å². The minimum Gasteiger partial charge on any atom is -0.445 e. The number of imidazole rings is 1. The average molecular weight is 604 g/mol. The molecular formula is C33H38FN5O5. The van der Waals surface area contributed by atoms with Crippen LogP contribution in [0, 0.1) is 5.82 Å². The van der Waals surface area contributed by atoms with E-state index in [0.29, 0.717) is 24.9 Å². The number of benzene rings is 3. The Balaban J connectivity index is 1.35. The zero-order valence-corrected chi connectivity index (χ0v) is 25.4. The molecule has 4 aromatic rings. The van der Waals surface area contributed by atoms with E-state index >= 15 is 0 Å². The first-order chi connectivity index (χ1) is 21.0. The Bertz CT molecular complexity index is 1580. The lowest BCUT2D eigenvalue weighted by Crippen LogP contribution is -2.46. The van der Waals surface area contributed by atoms with Crippen molar-refractivity contribution >= 4 is 29.1 Å². The lowest BCUT2D eigenvalue weighted by atomic mass is 10.1. The average Bonchev–Trinajstić information content (AvgIpc) is 3.32. The van der Waals surface area contributed by atoms with Crippen LogP contribution in [0.3, 0.4) is 0 Å². The van der Waals surface area contributed by atoms with Crippen molar-refractivity contribution in [1.82, 2.24) is 25.5 Å². The maximum atomic E-state index is 13.4. The lowest BCUT2D eigenvalue weighted by Gasteiger charge is -2.24. The highest BCUT2D eigenvalue weighted by Crippen LogP contribution is 2.25. The summed E-state index contributed by atoms with van der Waals surface area (Å²) in [4.78, 5) is 42.3. The minimum atomic E-state index is -0.693. The fourth-order valence-electron chi connectivity index (χ4n) is 4.52. The van der Waals surface area contributed by atoms with Crippen molar-refractivity contribution in [2.24, 2.45) is 7.05 Å². The summed E-state index contributed by atoms with van der Waals surface area (Å²) in [6, 6.07) is 20.7. The fourth-order valence-corrected chi connectivity index (χ4v) is 4.52. The molecule has 0 saturated carbocycles. The van der Waals surface area contributed by atoms with Gasteiger partial charge in [-0.25, -0.2) is 19.0 Å². The zero-order chi connectivity index (χ0) is 31.7. The van der Waals surface area contributed by atoms with Gasteiger partial charge in [-0.3, -0.25) is 4.79 Å². The molecule has 10 nitrogen and oxygen atoms in total. The lowest BCUT2D eigenvalue weighted by molar-refractivity contribution is 0.0498. The highest BCUT2D eigenvalue weighted by Gasteiger charge is 2.22. The van der Waals surface area contributed by atoms with E-state index in [2.05, 4.69) is 20.9 Å². The summed E-state index contributed by atoms with van der Waals surface area (Å²) in [6.45, 7) is 5.89. The highest BCUT2D eigenvalue weighted by molar-refractivity contribution is 5.95. The largest absolute Gasteiger partial charge is 0.445 e. The van der Waals surface area contributed by atoms with E-state index in [9.17, 15) is 18.8 Å². The maximum absolute atomic E-state index is 13.4. The van der Waals surface area contributed by atoms with Gasteiger partial charge in [0.2, 0.25) is 0 Å². The van der Waals surface area contributed by atoms with Gasteiger partial charge in [-0.2, -0.15) is 0 Å². The van der Waals surface area contributed by atoms with Gasteiger partial charge in [0.15, 0.2) is 5.82 Å². The molecule has 1 heterocycles. The maximum Gasteiger partial charge on any atom is 0.407 e. The molecule has 1 atom stereocenters. The number of alkyl carbamates (subject to hydrolysis) is 2. The van der Waals surface area contributed by atoms with E-state index < -0.39 is 29.7 Å². The van der Waals surface area contributed by atoms with Crippen LogP contribution < -0.4 is 16.0 Å². The Morgan fingerprint density at radius 3 is 2.34 bits per heavy atom. The smallest absolute Gasteiger partial charge is 0.407 e. The van der Waals surface area contributed by atoms with Gasteiger partial charge in [-0.15, -0.1) is 0 Å². The normalized spacial score (nSPS) is 11.9. The number of carbonyl (C=O) groups is 3. The number of carbonyl (C=O) groups excluding carboxylic acids is 3. The summed E-state index contributed by atoms with van der Waals surface area (Å²) < 4.78 is 25.7. The molecule has 0 saturated heterocycles. The molecule has 0 radical (unpaired) electrons. The number of nitrogens with zero attached hydrogens (tertiary/aromatic N) is 2. The molecule has 4 rings (SSSR count). The Kier molecular flexibility index (Phi) is 10.5. The molecule has 3 aromatic carbocycles. The van der Waals surface area contributed by atoms with Crippen molar-refractivity contribution in [1.29, 1.82) is 0 Å².